The van der Waals surface area contributed by atoms with E-state index in [1.807, 2.05) is 28.1 Å². The van der Waals surface area contributed by atoms with Crippen LogP contribution in [0.3, 0.4) is 0 Å². The first-order valence-electron chi connectivity index (χ1n) is 7.91. The summed E-state index contributed by atoms with van der Waals surface area (Å²) in [5.41, 5.74) is -0.422. The van der Waals surface area contributed by atoms with Crippen molar-refractivity contribution in [2.75, 3.05) is 18.5 Å². The van der Waals surface area contributed by atoms with Crippen LogP contribution in [0, 0.1) is 9.39 Å². The van der Waals surface area contributed by atoms with Gasteiger partial charge in [0.2, 0.25) is 0 Å². The van der Waals surface area contributed by atoms with E-state index in [0.717, 1.165) is 6.33 Å². The van der Waals surface area contributed by atoms with Gasteiger partial charge in [0.05, 0.1) is 30.2 Å². The molecule has 8 nitrogen and oxygen atoms in total. The van der Waals surface area contributed by atoms with Crippen molar-refractivity contribution in [2.24, 2.45) is 0 Å². The summed E-state index contributed by atoms with van der Waals surface area (Å²) >= 11 is 1.90. The van der Waals surface area contributed by atoms with Gasteiger partial charge in [0.25, 0.3) is 5.91 Å². The number of fused-ring (bicyclic) bond motifs is 1. The van der Waals surface area contributed by atoms with Crippen molar-refractivity contribution in [2.45, 2.75) is 6.18 Å². The van der Waals surface area contributed by atoms with Crippen molar-refractivity contribution in [3.8, 4) is 0 Å². The molecular weight excluding hydrogens is 513 g/mol. The summed E-state index contributed by atoms with van der Waals surface area (Å²) in [5, 5.41) is 18.4. The topological polar surface area (TPSA) is 101 Å². The van der Waals surface area contributed by atoms with Gasteiger partial charge in [-0.25, -0.2) is 9.87 Å². The molecule has 1 amide bonds. The van der Waals surface area contributed by atoms with E-state index in [0.29, 0.717) is 14.0 Å². The lowest BCUT2D eigenvalue weighted by atomic mass is 10.1. The first-order chi connectivity index (χ1) is 13.7. The molecule has 0 saturated heterocycles. The Bertz CT molecular complexity index is 1060. The second kappa shape index (κ2) is 8.46. The molecule has 13 heteroatoms. The molecule has 3 rings (SSSR count). The summed E-state index contributed by atoms with van der Waals surface area (Å²) in [6.45, 7) is -0.699. The zero-order valence-corrected chi connectivity index (χ0v) is 16.5. The second-order valence-electron chi connectivity index (χ2n) is 5.59. The van der Waals surface area contributed by atoms with Crippen molar-refractivity contribution in [1.29, 1.82) is 0 Å². The molecule has 0 spiro atoms. The number of hydroxylamine groups is 1. The lowest BCUT2D eigenvalue weighted by molar-refractivity contribution is -0.142. The van der Waals surface area contributed by atoms with Gasteiger partial charge in [-0.1, -0.05) is 0 Å². The van der Waals surface area contributed by atoms with Gasteiger partial charge in [-0.2, -0.15) is 13.2 Å². The number of pyridine rings is 1. The molecule has 1 aromatic carbocycles. The number of amides is 1. The Balaban J connectivity index is 2.16. The fourth-order valence-corrected chi connectivity index (χ4v) is 2.90. The number of hydrogen-bond donors (Lipinski definition) is 3. The van der Waals surface area contributed by atoms with Gasteiger partial charge in [0.15, 0.2) is 5.65 Å². The van der Waals surface area contributed by atoms with E-state index in [2.05, 4.69) is 20.4 Å². The number of aliphatic hydroxyl groups is 1. The maximum Gasteiger partial charge on any atom is 0.431 e. The molecule has 154 valence electrons. The maximum absolute atomic E-state index is 14.3. The molecule has 0 bridgehead atoms. The minimum absolute atomic E-state index is 0.0830. The first kappa shape index (κ1) is 21.2. The van der Waals surface area contributed by atoms with Crippen LogP contribution in [0.2, 0.25) is 0 Å². The Kier molecular flexibility index (Phi) is 6.18. The smallest absolute Gasteiger partial charge is 0.394 e. The lowest BCUT2D eigenvalue weighted by Crippen LogP contribution is -2.27. The summed E-state index contributed by atoms with van der Waals surface area (Å²) < 4.78 is 55.9. The van der Waals surface area contributed by atoms with Crippen LogP contribution in [-0.4, -0.2) is 38.8 Å². The molecule has 0 saturated carbocycles. The van der Waals surface area contributed by atoms with Gasteiger partial charge < -0.3 is 10.4 Å². The highest BCUT2D eigenvalue weighted by molar-refractivity contribution is 14.1. The van der Waals surface area contributed by atoms with E-state index in [-0.39, 0.29) is 23.6 Å². The number of nitrogens with zero attached hydrogens (tertiary/aromatic N) is 3. The van der Waals surface area contributed by atoms with Crippen LogP contribution in [0.4, 0.5) is 28.9 Å². The van der Waals surface area contributed by atoms with Crippen LogP contribution < -0.4 is 10.8 Å². The highest BCUT2D eigenvalue weighted by Crippen LogP contribution is 2.35. The number of rotatable bonds is 6. The quantitative estimate of drug-likeness (QED) is 0.198. The van der Waals surface area contributed by atoms with Crippen molar-refractivity contribution >= 4 is 45.5 Å². The first-order valence-corrected chi connectivity index (χ1v) is 8.99. The van der Waals surface area contributed by atoms with Crippen LogP contribution in [0.15, 0.2) is 30.6 Å². The van der Waals surface area contributed by atoms with E-state index in [1.165, 1.54) is 12.1 Å². The van der Waals surface area contributed by atoms with Crippen LogP contribution in [0.5, 0.6) is 0 Å². The molecule has 29 heavy (non-hydrogen) atoms. The average molecular weight is 525 g/mol. The molecular formula is C16H12F4IN5O3. The van der Waals surface area contributed by atoms with Crippen molar-refractivity contribution in [3.05, 3.63) is 51.2 Å². The van der Waals surface area contributed by atoms with Crippen LogP contribution in [0.25, 0.3) is 5.65 Å². The minimum atomic E-state index is -4.83. The number of alkyl halides is 3. The second-order valence-corrected chi connectivity index (χ2v) is 6.84. The number of anilines is 2. The van der Waals surface area contributed by atoms with Gasteiger partial charge in [-0.15, -0.1) is 10.2 Å². The Hall–Kier alpha value is -2.52. The molecule has 3 N–H and O–H groups in total. The molecule has 0 aliphatic carbocycles. The molecule has 0 fully saturated rings. The SMILES string of the molecule is O=C(NOCCO)c1cc(C(F)(F)F)n2cnnc2c1Nc1ccc(I)cc1F. The number of aliphatic hydroxyl groups excluding tert-OH is 1. The summed E-state index contributed by atoms with van der Waals surface area (Å²) in [6, 6.07) is 4.71. The summed E-state index contributed by atoms with van der Waals surface area (Å²) in [7, 11) is 0. The maximum atomic E-state index is 14.3. The monoisotopic (exact) mass is 525 g/mol. The van der Waals surface area contributed by atoms with Gasteiger partial charge in [0, 0.05) is 3.57 Å². The largest absolute Gasteiger partial charge is 0.431 e. The summed E-state index contributed by atoms with van der Waals surface area (Å²) in [5.74, 6) is -1.74. The molecule has 0 aliphatic heterocycles. The normalized spacial score (nSPS) is 11.7. The highest BCUT2D eigenvalue weighted by Gasteiger charge is 2.36. The third-order valence-corrected chi connectivity index (χ3v) is 4.34. The Morgan fingerprint density at radius 2 is 2.07 bits per heavy atom. The molecule has 2 aromatic heterocycles. The highest BCUT2D eigenvalue weighted by atomic mass is 127. The fraction of sp³-hybridized carbons (Fsp3) is 0.188. The molecule has 0 atom stereocenters. The molecule has 0 unspecified atom stereocenters. The zero-order valence-electron chi connectivity index (χ0n) is 14.3. The van der Waals surface area contributed by atoms with E-state index in [9.17, 15) is 22.4 Å². The average Bonchev–Trinajstić information content (AvgIpc) is 3.12. The number of halogens is 5. The van der Waals surface area contributed by atoms with E-state index in [1.54, 1.807) is 6.07 Å². The number of nitrogens with one attached hydrogen (secondary N) is 2. The molecule has 0 radical (unpaired) electrons. The molecule has 0 aliphatic rings. The van der Waals surface area contributed by atoms with Gasteiger partial charge in [0.1, 0.15) is 17.8 Å². The van der Waals surface area contributed by atoms with Crippen molar-refractivity contribution in [3.63, 3.8) is 0 Å². The molecule has 2 heterocycles. The fourth-order valence-electron chi connectivity index (χ4n) is 2.44. The molecule has 3 aromatic rings. The van der Waals surface area contributed by atoms with Gasteiger partial charge >= 0.3 is 6.18 Å². The summed E-state index contributed by atoms with van der Waals surface area (Å²) in [4.78, 5) is 17.1. The number of carbonyl (C=O) groups is 1. The van der Waals surface area contributed by atoms with Crippen molar-refractivity contribution in [1.82, 2.24) is 20.1 Å². The number of hydrogen-bond acceptors (Lipinski definition) is 6. The predicted octanol–water partition coefficient (Wildman–Crippen LogP) is 2.89. The van der Waals surface area contributed by atoms with Crippen LogP contribution in [0.1, 0.15) is 16.1 Å². The number of carbonyl (C=O) groups excluding carboxylic acids is 1. The standard InChI is InChI=1S/C16H12F4IN5O3/c17-10-5-8(21)1-2-11(10)23-13-9(15(28)25-29-4-3-27)6-12(16(18,19)20)26-7-22-24-14(13)26/h1-2,5-7,23,27H,3-4H2,(H,25,28). The zero-order chi connectivity index (χ0) is 21.2. The van der Waals surface area contributed by atoms with Gasteiger partial charge in [-0.05, 0) is 46.9 Å². The number of benzene rings is 1. The Labute approximate surface area is 174 Å². The number of aromatic nitrogens is 3. The third-order valence-electron chi connectivity index (χ3n) is 3.67. The Morgan fingerprint density at radius 3 is 2.72 bits per heavy atom. The lowest BCUT2D eigenvalue weighted by Gasteiger charge is -2.17. The van der Waals surface area contributed by atoms with E-state index < -0.39 is 35.8 Å². The van der Waals surface area contributed by atoms with Crippen LogP contribution in [-0.2, 0) is 11.0 Å². The predicted molar refractivity (Wildman–Crippen MR) is 101 cm³/mol. The third kappa shape index (κ3) is 4.56. The Morgan fingerprint density at radius 1 is 1.31 bits per heavy atom. The minimum Gasteiger partial charge on any atom is -0.394 e. The van der Waals surface area contributed by atoms with Crippen LogP contribution >= 0.6 is 22.6 Å². The van der Waals surface area contributed by atoms with Crippen molar-refractivity contribution < 1.29 is 32.3 Å². The van der Waals surface area contributed by atoms with E-state index >= 15 is 0 Å². The van der Waals surface area contributed by atoms with Gasteiger partial charge in [-0.3, -0.25) is 14.0 Å². The summed E-state index contributed by atoms with van der Waals surface area (Å²) in [6.07, 6.45) is -3.99. The van der Waals surface area contributed by atoms with E-state index in [4.69, 9.17) is 5.11 Å².